The lowest BCUT2D eigenvalue weighted by Gasteiger charge is -2.26. The Morgan fingerprint density at radius 3 is 2.34 bits per heavy atom. The van der Waals surface area contributed by atoms with Gasteiger partial charge in [-0.25, -0.2) is 0 Å². The number of likely N-dealkylation sites (tertiary alicyclic amines) is 1. The lowest BCUT2D eigenvalue weighted by Crippen LogP contribution is -2.53. The molecule has 170 valence electrons. The van der Waals surface area contributed by atoms with Crippen molar-refractivity contribution in [3.63, 3.8) is 0 Å². The SMILES string of the molecule is CCC(=O)NC(CC)C(=O)NC1CCCCN(Cc2ccc(-c3ccccc3)cc2)C1=O. The highest BCUT2D eigenvalue weighted by Gasteiger charge is 2.30. The highest BCUT2D eigenvalue weighted by atomic mass is 16.2. The molecule has 32 heavy (non-hydrogen) atoms. The molecule has 1 heterocycles. The first-order valence-corrected chi connectivity index (χ1v) is 11.5. The van der Waals surface area contributed by atoms with Crippen LogP contribution in [0.2, 0.25) is 0 Å². The minimum atomic E-state index is -0.613. The molecule has 1 aliphatic heterocycles. The molecule has 3 amide bonds. The van der Waals surface area contributed by atoms with E-state index in [0.717, 1.165) is 29.5 Å². The Balaban J connectivity index is 1.64. The number of amides is 3. The zero-order valence-corrected chi connectivity index (χ0v) is 19.0. The van der Waals surface area contributed by atoms with E-state index < -0.39 is 12.1 Å². The van der Waals surface area contributed by atoms with Crippen LogP contribution in [0.3, 0.4) is 0 Å². The van der Waals surface area contributed by atoms with Crippen LogP contribution in [0, 0.1) is 0 Å². The Labute approximate surface area is 190 Å². The largest absolute Gasteiger partial charge is 0.344 e. The summed E-state index contributed by atoms with van der Waals surface area (Å²) in [5, 5.41) is 5.62. The summed E-state index contributed by atoms with van der Waals surface area (Å²) >= 11 is 0. The van der Waals surface area contributed by atoms with Crippen LogP contribution < -0.4 is 10.6 Å². The molecule has 0 radical (unpaired) electrons. The van der Waals surface area contributed by atoms with Gasteiger partial charge in [0.15, 0.2) is 0 Å². The summed E-state index contributed by atoms with van der Waals surface area (Å²) in [6.07, 6.45) is 3.20. The summed E-state index contributed by atoms with van der Waals surface area (Å²) in [6.45, 7) is 4.79. The number of rotatable bonds is 8. The highest BCUT2D eigenvalue weighted by Crippen LogP contribution is 2.21. The number of hydrogen-bond acceptors (Lipinski definition) is 3. The third-order valence-corrected chi connectivity index (χ3v) is 5.91. The quantitative estimate of drug-likeness (QED) is 0.664. The van der Waals surface area contributed by atoms with Gasteiger partial charge in [0, 0.05) is 19.5 Å². The predicted molar refractivity (Wildman–Crippen MR) is 126 cm³/mol. The third-order valence-electron chi connectivity index (χ3n) is 5.91. The summed E-state index contributed by atoms with van der Waals surface area (Å²) in [6, 6.07) is 17.3. The first-order chi connectivity index (χ1) is 15.5. The van der Waals surface area contributed by atoms with E-state index in [1.54, 1.807) is 6.92 Å². The molecule has 2 aromatic rings. The monoisotopic (exact) mass is 435 g/mol. The molecule has 1 fully saturated rings. The Hall–Kier alpha value is -3.15. The van der Waals surface area contributed by atoms with E-state index in [1.165, 1.54) is 0 Å². The Morgan fingerprint density at radius 2 is 1.69 bits per heavy atom. The van der Waals surface area contributed by atoms with Crippen molar-refractivity contribution in [2.75, 3.05) is 6.54 Å². The van der Waals surface area contributed by atoms with Crippen LogP contribution >= 0.6 is 0 Å². The minimum absolute atomic E-state index is 0.0559. The van der Waals surface area contributed by atoms with Gasteiger partial charge < -0.3 is 15.5 Å². The Morgan fingerprint density at radius 1 is 1.00 bits per heavy atom. The van der Waals surface area contributed by atoms with Gasteiger partial charge in [-0.15, -0.1) is 0 Å². The first-order valence-electron chi connectivity index (χ1n) is 11.5. The first kappa shape index (κ1) is 23.5. The van der Waals surface area contributed by atoms with E-state index in [0.29, 0.717) is 32.4 Å². The summed E-state index contributed by atoms with van der Waals surface area (Å²) in [7, 11) is 0. The fourth-order valence-corrected chi connectivity index (χ4v) is 3.97. The molecule has 2 aromatic carbocycles. The molecule has 6 nitrogen and oxygen atoms in total. The van der Waals surface area contributed by atoms with Gasteiger partial charge in [0.2, 0.25) is 17.7 Å². The van der Waals surface area contributed by atoms with Crippen molar-refractivity contribution >= 4 is 17.7 Å². The van der Waals surface area contributed by atoms with Gasteiger partial charge in [-0.3, -0.25) is 14.4 Å². The molecular formula is C26H33N3O3. The second-order valence-electron chi connectivity index (χ2n) is 8.26. The molecule has 2 unspecified atom stereocenters. The number of hydrogen-bond donors (Lipinski definition) is 2. The van der Waals surface area contributed by atoms with Crippen LogP contribution in [0.4, 0.5) is 0 Å². The van der Waals surface area contributed by atoms with Crippen molar-refractivity contribution in [1.29, 1.82) is 0 Å². The summed E-state index contributed by atoms with van der Waals surface area (Å²) in [5.41, 5.74) is 3.36. The average Bonchev–Trinajstić information content (AvgIpc) is 2.99. The van der Waals surface area contributed by atoms with E-state index in [2.05, 4.69) is 47.0 Å². The van der Waals surface area contributed by atoms with E-state index in [9.17, 15) is 14.4 Å². The van der Waals surface area contributed by atoms with Gasteiger partial charge in [0.1, 0.15) is 12.1 Å². The van der Waals surface area contributed by atoms with Crippen LogP contribution in [0.5, 0.6) is 0 Å². The van der Waals surface area contributed by atoms with Crippen LogP contribution in [0.15, 0.2) is 54.6 Å². The van der Waals surface area contributed by atoms with Crippen LogP contribution in [0.1, 0.15) is 51.5 Å². The summed E-state index contributed by atoms with van der Waals surface area (Å²) in [5.74, 6) is -0.513. The molecule has 0 aromatic heterocycles. The fourth-order valence-electron chi connectivity index (χ4n) is 3.97. The molecule has 2 atom stereocenters. The standard InChI is InChI=1S/C26H33N3O3/c1-3-22(27-24(30)4-2)25(31)28-23-12-8-9-17-29(26(23)32)18-19-13-15-21(16-14-19)20-10-6-5-7-11-20/h5-7,10-11,13-16,22-23H,3-4,8-9,12,17-18H2,1-2H3,(H,27,30)(H,28,31). The van der Waals surface area contributed by atoms with Crippen LogP contribution in [-0.2, 0) is 20.9 Å². The zero-order chi connectivity index (χ0) is 22.9. The number of nitrogens with zero attached hydrogens (tertiary/aromatic N) is 1. The second-order valence-corrected chi connectivity index (χ2v) is 8.26. The zero-order valence-electron chi connectivity index (χ0n) is 19.0. The normalized spacial score (nSPS) is 17.4. The van der Waals surface area contributed by atoms with Crippen molar-refractivity contribution < 1.29 is 14.4 Å². The topological polar surface area (TPSA) is 78.5 Å². The van der Waals surface area contributed by atoms with Gasteiger partial charge in [0.25, 0.3) is 0 Å². The summed E-state index contributed by atoms with van der Waals surface area (Å²) < 4.78 is 0. The van der Waals surface area contributed by atoms with Gasteiger partial charge in [-0.05, 0) is 42.4 Å². The summed E-state index contributed by atoms with van der Waals surface area (Å²) in [4.78, 5) is 39.4. The maximum atomic E-state index is 13.2. The minimum Gasteiger partial charge on any atom is -0.344 e. The highest BCUT2D eigenvalue weighted by molar-refractivity contribution is 5.92. The average molecular weight is 436 g/mol. The third kappa shape index (κ3) is 6.19. The van der Waals surface area contributed by atoms with Gasteiger partial charge in [-0.2, -0.15) is 0 Å². The Bertz CT molecular complexity index is 912. The molecule has 1 aliphatic rings. The molecule has 3 rings (SSSR count). The van der Waals surface area contributed by atoms with Crippen molar-refractivity contribution in [2.45, 2.75) is 64.6 Å². The number of benzene rings is 2. The maximum Gasteiger partial charge on any atom is 0.245 e. The molecule has 0 spiro atoms. The number of carbonyl (C=O) groups is 3. The molecule has 2 N–H and O–H groups in total. The maximum absolute atomic E-state index is 13.2. The van der Waals surface area contributed by atoms with Crippen LogP contribution in [0.25, 0.3) is 11.1 Å². The van der Waals surface area contributed by atoms with E-state index in [-0.39, 0.29) is 17.7 Å². The van der Waals surface area contributed by atoms with Gasteiger partial charge >= 0.3 is 0 Å². The van der Waals surface area contributed by atoms with Gasteiger partial charge in [0.05, 0.1) is 0 Å². The predicted octanol–water partition coefficient (Wildman–Crippen LogP) is 3.66. The molecule has 1 saturated heterocycles. The van der Waals surface area contributed by atoms with Crippen LogP contribution in [-0.4, -0.2) is 41.2 Å². The van der Waals surface area contributed by atoms with Gasteiger partial charge in [-0.1, -0.05) is 68.4 Å². The molecule has 0 saturated carbocycles. The van der Waals surface area contributed by atoms with E-state index in [1.807, 2.05) is 30.0 Å². The lowest BCUT2D eigenvalue weighted by molar-refractivity contribution is -0.137. The molecular weight excluding hydrogens is 402 g/mol. The Kier molecular flexibility index (Phi) is 8.42. The fraction of sp³-hybridized carbons (Fsp3) is 0.423. The lowest BCUT2D eigenvalue weighted by atomic mass is 10.0. The smallest absolute Gasteiger partial charge is 0.245 e. The second kappa shape index (κ2) is 11.5. The van der Waals surface area contributed by atoms with E-state index in [4.69, 9.17) is 0 Å². The van der Waals surface area contributed by atoms with E-state index >= 15 is 0 Å². The number of carbonyl (C=O) groups excluding carboxylic acids is 3. The van der Waals surface area contributed by atoms with Crippen molar-refractivity contribution in [3.8, 4) is 11.1 Å². The van der Waals surface area contributed by atoms with Crippen molar-refractivity contribution in [2.24, 2.45) is 0 Å². The molecule has 6 heteroatoms. The molecule has 0 aliphatic carbocycles. The molecule has 0 bridgehead atoms. The van der Waals surface area contributed by atoms with Crippen molar-refractivity contribution in [1.82, 2.24) is 15.5 Å². The van der Waals surface area contributed by atoms with Crippen molar-refractivity contribution in [3.05, 3.63) is 60.2 Å². The number of nitrogens with one attached hydrogen (secondary N) is 2.